The van der Waals surface area contributed by atoms with Crippen LogP contribution in [0.15, 0.2) is 59.1 Å². The molecule has 1 heterocycles. The summed E-state index contributed by atoms with van der Waals surface area (Å²) in [6, 6.07) is 16.2. The zero-order valence-corrected chi connectivity index (χ0v) is 16.1. The van der Waals surface area contributed by atoms with E-state index >= 15 is 0 Å². The zero-order valence-electron chi connectivity index (χ0n) is 16.1. The second-order valence-corrected chi connectivity index (χ2v) is 6.31. The Morgan fingerprint density at radius 1 is 1.00 bits per heavy atom. The maximum absolute atomic E-state index is 12.2. The first-order valence-corrected chi connectivity index (χ1v) is 9.21. The Morgan fingerprint density at radius 3 is 2.41 bits per heavy atom. The smallest absolute Gasteiger partial charge is 0.251 e. The lowest BCUT2D eigenvalue weighted by molar-refractivity contribution is -0.120. The minimum atomic E-state index is -0.220. The Labute approximate surface area is 168 Å². The summed E-state index contributed by atoms with van der Waals surface area (Å²) in [5.41, 5.74) is 1.45. The Bertz CT molecular complexity index is 939. The normalized spacial score (nSPS) is 10.4. The van der Waals surface area contributed by atoms with E-state index in [9.17, 15) is 9.59 Å². The third-order valence-electron chi connectivity index (χ3n) is 3.99. The fraction of sp³-hybridized carbons (Fsp3) is 0.238. The van der Waals surface area contributed by atoms with Crippen LogP contribution in [-0.4, -0.2) is 35.0 Å². The van der Waals surface area contributed by atoms with Crippen LogP contribution >= 0.6 is 0 Å². The van der Waals surface area contributed by atoms with Crippen LogP contribution < -0.4 is 15.4 Å². The Hall–Kier alpha value is -3.68. The van der Waals surface area contributed by atoms with Gasteiger partial charge in [0.15, 0.2) is 6.61 Å². The van der Waals surface area contributed by atoms with E-state index in [0.29, 0.717) is 42.5 Å². The van der Waals surface area contributed by atoms with Crippen molar-refractivity contribution in [2.24, 2.45) is 0 Å². The number of benzene rings is 2. The van der Waals surface area contributed by atoms with Crippen molar-refractivity contribution in [2.75, 3.05) is 13.1 Å². The highest BCUT2D eigenvalue weighted by Crippen LogP contribution is 2.13. The molecule has 0 atom stereocenters. The summed E-state index contributed by atoms with van der Waals surface area (Å²) in [5, 5.41) is 9.31. The predicted molar refractivity (Wildman–Crippen MR) is 105 cm³/mol. The first-order chi connectivity index (χ1) is 14.1. The van der Waals surface area contributed by atoms with Gasteiger partial charge in [0.2, 0.25) is 17.6 Å². The summed E-state index contributed by atoms with van der Waals surface area (Å²) in [7, 11) is 0. The molecule has 0 aliphatic rings. The van der Waals surface area contributed by atoms with Gasteiger partial charge in [0.25, 0.3) is 5.91 Å². The average Bonchev–Trinajstić information content (AvgIpc) is 3.16. The molecule has 150 valence electrons. The molecule has 2 amide bonds. The molecule has 8 nitrogen and oxygen atoms in total. The summed E-state index contributed by atoms with van der Waals surface area (Å²) in [6.45, 7) is 2.60. The molecule has 0 fully saturated rings. The third kappa shape index (κ3) is 6.46. The average molecular weight is 394 g/mol. The van der Waals surface area contributed by atoms with E-state index in [1.165, 1.54) is 0 Å². The van der Waals surface area contributed by atoms with Crippen molar-refractivity contribution in [3.63, 3.8) is 0 Å². The van der Waals surface area contributed by atoms with E-state index in [4.69, 9.17) is 9.26 Å². The highest BCUT2D eigenvalue weighted by atomic mass is 16.5. The SMILES string of the molecule is Cc1nc(COc2ccc(C(=O)NCCNC(=O)Cc3ccccc3)cc2)no1. The Balaban J connectivity index is 1.36. The number of amides is 2. The molecule has 0 bridgehead atoms. The maximum Gasteiger partial charge on any atom is 0.251 e. The van der Waals surface area contributed by atoms with Gasteiger partial charge in [-0.15, -0.1) is 0 Å². The fourth-order valence-corrected chi connectivity index (χ4v) is 2.57. The number of hydrogen-bond donors (Lipinski definition) is 2. The van der Waals surface area contributed by atoms with Gasteiger partial charge in [0.1, 0.15) is 5.75 Å². The van der Waals surface area contributed by atoms with Gasteiger partial charge < -0.3 is 19.9 Å². The monoisotopic (exact) mass is 394 g/mol. The molecule has 2 aromatic carbocycles. The van der Waals surface area contributed by atoms with Gasteiger partial charge in [0, 0.05) is 25.6 Å². The molecule has 0 saturated heterocycles. The molecule has 0 aliphatic heterocycles. The van der Waals surface area contributed by atoms with E-state index in [2.05, 4.69) is 20.8 Å². The van der Waals surface area contributed by atoms with Gasteiger partial charge in [0.05, 0.1) is 6.42 Å². The number of aromatic nitrogens is 2. The molecule has 0 spiro atoms. The lowest BCUT2D eigenvalue weighted by atomic mass is 10.1. The van der Waals surface area contributed by atoms with Gasteiger partial charge in [-0.1, -0.05) is 35.5 Å². The van der Waals surface area contributed by atoms with E-state index < -0.39 is 0 Å². The molecule has 3 rings (SSSR count). The number of carbonyl (C=O) groups is 2. The minimum absolute atomic E-state index is 0.0799. The van der Waals surface area contributed by atoms with E-state index in [-0.39, 0.29) is 18.4 Å². The number of ether oxygens (including phenoxy) is 1. The lowest BCUT2D eigenvalue weighted by Crippen LogP contribution is -2.35. The highest BCUT2D eigenvalue weighted by Gasteiger charge is 2.07. The molecule has 2 N–H and O–H groups in total. The minimum Gasteiger partial charge on any atom is -0.485 e. The molecule has 1 aromatic heterocycles. The largest absolute Gasteiger partial charge is 0.485 e. The quantitative estimate of drug-likeness (QED) is 0.538. The van der Waals surface area contributed by atoms with Crippen molar-refractivity contribution >= 4 is 11.8 Å². The molecule has 0 saturated carbocycles. The topological polar surface area (TPSA) is 106 Å². The highest BCUT2D eigenvalue weighted by molar-refractivity contribution is 5.94. The van der Waals surface area contributed by atoms with Gasteiger partial charge >= 0.3 is 0 Å². The molecule has 0 aliphatic carbocycles. The van der Waals surface area contributed by atoms with Crippen LogP contribution in [0.3, 0.4) is 0 Å². The predicted octanol–water partition coefficient (Wildman–Crippen LogP) is 2.05. The van der Waals surface area contributed by atoms with Crippen LogP contribution in [-0.2, 0) is 17.8 Å². The number of rotatable bonds is 9. The summed E-state index contributed by atoms with van der Waals surface area (Å²) in [5.74, 6) is 1.23. The Kier molecular flexibility index (Phi) is 6.94. The van der Waals surface area contributed by atoms with Crippen molar-refractivity contribution in [2.45, 2.75) is 20.0 Å². The molecular formula is C21H22N4O4. The number of hydrogen-bond acceptors (Lipinski definition) is 6. The zero-order chi connectivity index (χ0) is 20.5. The van der Waals surface area contributed by atoms with Crippen LogP contribution in [0.2, 0.25) is 0 Å². The number of carbonyl (C=O) groups excluding carboxylic acids is 2. The van der Waals surface area contributed by atoms with Crippen molar-refractivity contribution in [1.29, 1.82) is 0 Å². The summed E-state index contributed by atoms with van der Waals surface area (Å²) in [4.78, 5) is 28.1. The summed E-state index contributed by atoms with van der Waals surface area (Å²) < 4.78 is 10.4. The van der Waals surface area contributed by atoms with Crippen LogP contribution in [0.25, 0.3) is 0 Å². The summed E-state index contributed by atoms with van der Waals surface area (Å²) >= 11 is 0. The van der Waals surface area contributed by atoms with Gasteiger partial charge in [-0.2, -0.15) is 4.98 Å². The maximum atomic E-state index is 12.2. The fourth-order valence-electron chi connectivity index (χ4n) is 2.57. The lowest BCUT2D eigenvalue weighted by Gasteiger charge is -2.08. The van der Waals surface area contributed by atoms with Gasteiger partial charge in [-0.3, -0.25) is 9.59 Å². The number of nitrogens with zero attached hydrogens (tertiary/aromatic N) is 2. The number of aryl methyl sites for hydroxylation is 1. The third-order valence-corrected chi connectivity index (χ3v) is 3.99. The standard InChI is InChI=1S/C21H22N4O4/c1-15-24-19(25-29-15)14-28-18-9-7-17(8-10-18)21(27)23-12-11-22-20(26)13-16-5-3-2-4-6-16/h2-10H,11-14H2,1H3,(H,22,26)(H,23,27). The first-order valence-electron chi connectivity index (χ1n) is 9.21. The second kappa shape index (κ2) is 10.0. The first kappa shape index (κ1) is 20.1. The molecule has 0 radical (unpaired) electrons. The van der Waals surface area contributed by atoms with Crippen LogP contribution in [0.5, 0.6) is 5.75 Å². The number of nitrogens with one attached hydrogen (secondary N) is 2. The van der Waals surface area contributed by atoms with E-state index in [1.807, 2.05) is 30.3 Å². The van der Waals surface area contributed by atoms with Crippen LogP contribution in [0.1, 0.15) is 27.6 Å². The molecule has 3 aromatic rings. The molecule has 0 unspecified atom stereocenters. The molecule has 29 heavy (non-hydrogen) atoms. The van der Waals surface area contributed by atoms with Crippen LogP contribution in [0, 0.1) is 6.92 Å². The molecule has 8 heteroatoms. The van der Waals surface area contributed by atoms with Gasteiger partial charge in [-0.25, -0.2) is 0 Å². The summed E-state index contributed by atoms with van der Waals surface area (Å²) in [6.07, 6.45) is 0.319. The van der Waals surface area contributed by atoms with Crippen molar-refractivity contribution in [1.82, 2.24) is 20.8 Å². The van der Waals surface area contributed by atoms with Gasteiger partial charge in [-0.05, 0) is 29.8 Å². The van der Waals surface area contributed by atoms with Crippen LogP contribution in [0.4, 0.5) is 0 Å². The van der Waals surface area contributed by atoms with Crippen molar-refractivity contribution < 1.29 is 18.8 Å². The van der Waals surface area contributed by atoms with E-state index in [0.717, 1.165) is 5.56 Å². The van der Waals surface area contributed by atoms with Crippen molar-refractivity contribution in [3.8, 4) is 5.75 Å². The molecular weight excluding hydrogens is 372 g/mol. The second-order valence-electron chi connectivity index (χ2n) is 6.31. The Morgan fingerprint density at radius 2 is 1.72 bits per heavy atom. The van der Waals surface area contributed by atoms with E-state index in [1.54, 1.807) is 31.2 Å². The van der Waals surface area contributed by atoms with Crippen molar-refractivity contribution in [3.05, 3.63) is 77.4 Å².